The summed E-state index contributed by atoms with van der Waals surface area (Å²) in [5.41, 5.74) is 5.59. The Morgan fingerprint density at radius 2 is 2.21 bits per heavy atom. The Morgan fingerprint density at radius 1 is 1.41 bits per heavy atom. The molecule has 0 radical (unpaired) electrons. The van der Waals surface area contributed by atoms with Crippen molar-refractivity contribution < 1.29 is 17.9 Å². The number of carbonyl (C=O) groups is 1. The predicted molar refractivity (Wildman–Crippen MR) is 111 cm³/mol. The van der Waals surface area contributed by atoms with Crippen LogP contribution in [0.1, 0.15) is 29.4 Å². The standard InChI is InChI=1S/C19H25N5O4S/c1-13-18(14(2)24(23-13)16-7-8-29(26,27)12-16)10-21-22-19(25)11-20-15-5-4-6-17(9-15)28-3/h4-6,9-10,16,20H,7-8,11-12H2,1-3H3,(H,22,25)/b21-10-/t16-/m1/s1. The Morgan fingerprint density at radius 3 is 2.90 bits per heavy atom. The van der Waals surface area contributed by atoms with Gasteiger partial charge in [0.15, 0.2) is 9.84 Å². The molecule has 2 aromatic rings. The SMILES string of the molecule is COc1cccc(NCC(=O)N/N=C\c2c(C)nn([C@@H]3CCS(=O)(=O)C3)c2C)c1. The number of rotatable bonds is 7. The summed E-state index contributed by atoms with van der Waals surface area (Å²) in [6.07, 6.45) is 2.11. The van der Waals surface area contributed by atoms with E-state index in [2.05, 4.69) is 20.9 Å². The van der Waals surface area contributed by atoms with Gasteiger partial charge in [-0.25, -0.2) is 13.8 Å². The number of anilines is 1. The van der Waals surface area contributed by atoms with Crippen LogP contribution in [0.25, 0.3) is 0 Å². The monoisotopic (exact) mass is 419 g/mol. The van der Waals surface area contributed by atoms with Gasteiger partial charge in [-0.3, -0.25) is 9.48 Å². The van der Waals surface area contributed by atoms with Crippen molar-refractivity contribution in [3.05, 3.63) is 41.2 Å². The van der Waals surface area contributed by atoms with Gasteiger partial charge < -0.3 is 10.1 Å². The van der Waals surface area contributed by atoms with E-state index in [1.807, 2.05) is 32.0 Å². The number of hydrazone groups is 1. The number of benzene rings is 1. The van der Waals surface area contributed by atoms with Gasteiger partial charge in [0.25, 0.3) is 5.91 Å². The summed E-state index contributed by atoms with van der Waals surface area (Å²) in [6, 6.07) is 7.13. The molecule has 1 saturated heterocycles. The van der Waals surface area contributed by atoms with E-state index in [0.29, 0.717) is 12.2 Å². The molecule has 1 aromatic heterocycles. The van der Waals surface area contributed by atoms with Crippen LogP contribution in [-0.4, -0.2) is 55.5 Å². The van der Waals surface area contributed by atoms with Crippen molar-refractivity contribution in [3.8, 4) is 5.75 Å². The second kappa shape index (κ2) is 8.64. The van der Waals surface area contributed by atoms with Crippen molar-refractivity contribution in [2.75, 3.05) is 30.5 Å². The molecule has 1 atom stereocenters. The molecule has 1 aromatic carbocycles. The molecule has 2 heterocycles. The molecule has 2 N–H and O–H groups in total. The number of carbonyl (C=O) groups excluding carboxylic acids is 1. The maximum absolute atomic E-state index is 12.0. The number of amides is 1. The molecular weight excluding hydrogens is 394 g/mol. The molecule has 1 fully saturated rings. The number of sulfone groups is 1. The van der Waals surface area contributed by atoms with Gasteiger partial charge >= 0.3 is 0 Å². The second-order valence-corrected chi connectivity index (χ2v) is 9.19. The van der Waals surface area contributed by atoms with Crippen molar-refractivity contribution >= 4 is 27.6 Å². The summed E-state index contributed by atoms with van der Waals surface area (Å²) in [5.74, 6) is 0.702. The third-order valence-corrected chi connectivity index (χ3v) is 6.59. The minimum Gasteiger partial charge on any atom is -0.497 e. The largest absolute Gasteiger partial charge is 0.497 e. The molecule has 1 amide bonds. The zero-order valence-electron chi connectivity index (χ0n) is 16.7. The van der Waals surface area contributed by atoms with Gasteiger partial charge in [-0.1, -0.05) is 6.07 Å². The van der Waals surface area contributed by atoms with Gasteiger partial charge in [0.1, 0.15) is 5.75 Å². The van der Waals surface area contributed by atoms with Crippen LogP contribution < -0.4 is 15.5 Å². The van der Waals surface area contributed by atoms with E-state index < -0.39 is 9.84 Å². The number of aryl methyl sites for hydroxylation is 1. The third kappa shape index (κ3) is 5.14. The lowest BCUT2D eigenvalue weighted by Gasteiger charge is -2.10. The van der Waals surface area contributed by atoms with E-state index in [-0.39, 0.29) is 30.0 Å². The highest BCUT2D eigenvalue weighted by Gasteiger charge is 2.31. The molecule has 0 aliphatic carbocycles. The van der Waals surface area contributed by atoms with Crippen LogP contribution in [-0.2, 0) is 14.6 Å². The highest BCUT2D eigenvalue weighted by atomic mass is 32.2. The van der Waals surface area contributed by atoms with E-state index in [4.69, 9.17) is 4.74 Å². The third-order valence-electron chi connectivity index (χ3n) is 4.84. The van der Waals surface area contributed by atoms with Gasteiger partial charge in [0.05, 0.1) is 43.1 Å². The molecule has 0 unspecified atom stereocenters. The lowest BCUT2D eigenvalue weighted by molar-refractivity contribution is -0.119. The van der Waals surface area contributed by atoms with Crippen LogP contribution in [0.3, 0.4) is 0 Å². The zero-order chi connectivity index (χ0) is 21.0. The van der Waals surface area contributed by atoms with Crippen molar-refractivity contribution in [2.45, 2.75) is 26.3 Å². The normalized spacial score (nSPS) is 18.1. The Balaban J connectivity index is 1.58. The minimum absolute atomic E-state index is 0.0572. The topological polar surface area (TPSA) is 115 Å². The average Bonchev–Trinajstić information content (AvgIpc) is 3.19. The van der Waals surface area contributed by atoms with Gasteiger partial charge in [0, 0.05) is 23.0 Å². The summed E-state index contributed by atoms with van der Waals surface area (Å²) in [5, 5.41) is 11.5. The van der Waals surface area contributed by atoms with Crippen molar-refractivity contribution in [2.24, 2.45) is 5.10 Å². The first-order valence-electron chi connectivity index (χ1n) is 9.25. The molecule has 1 aliphatic rings. The van der Waals surface area contributed by atoms with Crippen LogP contribution in [0, 0.1) is 13.8 Å². The minimum atomic E-state index is -2.99. The number of ether oxygens (including phenoxy) is 1. The van der Waals surface area contributed by atoms with Crippen LogP contribution in [0.5, 0.6) is 5.75 Å². The summed E-state index contributed by atoms with van der Waals surface area (Å²) < 4.78 is 30.4. The quantitative estimate of drug-likeness (QED) is 0.518. The van der Waals surface area contributed by atoms with E-state index in [1.165, 1.54) is 0 Å². The van der Waals surface area contributed by atoms with E-state index in [0.717, 1.165) is 22.6 Å². The number of hydrogen-bond acceptors (Lipinski definition) is 7. The molecule has 1 aliphatic heterocycles. The molecule has 10 heteroatoms. The number of aromatic nitrogens is 2. The molecular formula is C19H25N5O4S. The van der Waals surface area contributed by atoms with Crippen LogP contribution >= 0.6 is 0 Å². The first kappa shape index (κ1) is 20.8. The lowest BCUT2D eigenvalue weighted by Crippen LogP contribution is -2.25. The number of nitrogens with zero attached hydrogens (tertiary/aromatic N) is 3. The molecule has 3 rings (SSSR count). The number of nitrogens with one attached hydrogen (secondary N) is 2. The first-order chi connectivity index (χ1) is 13.8. The molecule has 0 bridgehead atoms. The molecule has 9 nitrogen and oxygen atoms in total. The van der Waals surface area contributed by atoms with Crippen molar-refractivity contribution in [1.29, 1.82) is 0 Å². The van der Waals surface area contributed by atoms with Gasteiger partial charge in [-0.15, -0.1) is 0 Å². The van der Waals surface area contributed by atoms with Crippen molar-refractivity contribution in [1.82, 2.24) is 15.2 Å². The van der Waals surface area contributed by atoms with Crippen LogP contribution in [0.2, 0.25) is 0 Å². The second-order valence-electron chi connectivity index (χ2n) is 6.96. The van der Waals surface area contributed by atoms with Gasteiger partial charge in [-0.05, 0) is 32.4 Å². The fourth-order valence-corrected chi connectivity index (χ4v) is 5.00. The fraction of sp³-hybridized carbons (Fsp3) is 0.421. The van der Waals surface area contributed by atoms with E-state index in [9.17, 15) is 13.2 Å². The Labute approximate surface area is 170 Å². The average molecular weight is 420 g/mol. The van der Waals surface area contributed by atoms with Crippen LogP contribution in [0.15, 0.2) is 29.4 Å². The first-order valence-corrected chi connectivity index (χ1v) is 11.1. The van der Waals surface area contributed by atoms with E-state index >= 15 is 0 Å². The highest BCUT2D eigenvalue weighted by Crippen LogP contribution is 2.26. The Kier molecular flexibility index (Phi) is 6.21. The molecule has 29 heavy (non-hydrogen) atoms. The summed E-state index contributed by atoms with van der Waals surface area (Å²) in [4.78, 5) is 12.0. The summed E-state index contributed by atoms with van der Waals surface area (Å²) in [7, 11) is -1.41. The van der Waals surface area contributed by atoms with Gasteiger partial charge in [0.2, 0.25) is 0 Å². The zero-order valence-corrected chi connectivity index (χ0v) is 17.5. The highest BCUT2D eigenvalue weighted by molar-refractivity contribution is 7.91. The Hall–Kier alpha value is -2.88. The molecule has 0 spiro atoms. The molecule has 156 valence electrons. The smallest absolute Gasteiger partial charge is 0.259 e. The predicted octanol–water partition coefficient (Wildman–Crippen LogP) is 1.43. The van der Waals surface area contributed by atoms with Crippen LogP contribution in [0.4, 0.5) is 5.69 Å². The summed E-state index contributed by atoms with van der Waals surface area (Å²) >= 11 is 0. The van der Waals surface area contributed by atoms with Gasteiger partial charge in [-0.2, -0.15) is 10.2 Å². The maximum Gasteiger partial charge on any atom is 0.259 e. The fourth-order valence-electron chi connectivity index (χ4n) is 3.31. The molecule has 0 saturated carbocycles. The lowest BCUT2D eigenvalue weighted by atomic mass is 10.2. The van der Waals surface area contributed by atoms with Crippen molar-refractivity contribution in [3.63, 3.8) is 0 Å². The maximum atomic E-state index is 12.0. The number of hydrogen-bond donors (Lipinski definition) is 2. The van der Waals surface area contributed by atoms with E-state index in [1.54, 1.807) is 24.1 Å². The number of methoxy groups -OCH3 is 1. The summed E-state index contributed by atoms with van der Waals surface area (Å²) in [6.45, 7) is 3.76. The Bertz CT molecular complexity index is 1030.